The van der Waals surface area contributed by atoms with Gasteiger partial charge in [0, 0.05) is 33.1 Å². The third-order valence-electron chi connectivity index (χ3n) is 4.20. The van der Waals surface area contributed by atoms with Gasteiger partial charge in [-0.15, -0.1) is 10.2 Å². The van der Waals surface area contributed by atoms with E-state index in [4.69, 9.17) is 4.42 Å². The molecule has 1 aliphatic heterocycles. The number of aromatic nitrogens is 2. The van der Waals surface area contributed by atoms with Crippen molar-refractivity contribution in [3.8, 4) is 0 Å². The molecule has 0 N–H and O–H groups in total. The molecule has 9 heteroatoms. The number of amides is 1. The van der Waals surface area contributed by atoms with Crippen LogP contribution in [0.2, 0.25) is 0 Å². The van der Waals surface area contributed by atoms with Crippen LogP contribution in [0.3, 0.4) is 0 Å². The summed E-state index contributed by atoms with van der Waals surface area (Å²) in [6, 6.07) is 6.91. The molecule has 1 aromatic heterocycles. The van der Waals surface area contributed by atoms with Crippen LogP contribution in [0.25, 0.3) is 0 Å². The highest BCUT2D eigenvalue weighted by atomic mass is 32.2. The lowest BCUT2D eigenvalue weighted by molar-refractivity contribution is 0.0656. The molecule has 134 valence electrons. The summed E-state index contributed by atoms with van der Waals surface area (Å²) in [4.78, 5) is 14.1. The number of hydrogen-bond donors (Lipinski definition) is 0. The summed E-state index contributed by atoms with van der Waals surface area (Å²) in [6.45, 7) is 4.66. The van der Waals surface area contributed by atoms with E-state index in [1.807, 2.05) is 19.1 Å². The number of sulfonamides is 1. The second-order valence-electron chi connectivity index (χ2n) is 5.82. The van der Waals surface area contributed by atoms with Gasteiger partial charge in [-0.2, -0.15) is 4.31 Å². The topological polar surface area (TPSA) is 96.6 Å². The maximum Gasteiger partial charge on any atom is 0.311 e. The monoisotopic (exact) mass is 364 g/mol. The molecule has 1 aromatic carbocycles. The number of aryl methyl sites for hydroxylation is 2. The number of nitrogens with zero attached hydrogens (tertiary/aromatic N) is 4. The summed E-state index contributed by atoms with van der Waals surface area (Å²) in [5.74, 6) is -0.117. The van der Waals surface area contributed by atoms with Gasteiger partial charge in [0.1, 0.15) is 0 Å². The fraction of sp³-hybridized carbons (Fsp3) is 0.438. The van der Waals surface area contributed by atoms with Gasteiger partial charge in [-0.05, 0) is 24.1 Å². The Morgan fingerprint density at radius 3 is 2.28 bits per heavy atom. The Hall–Kier alpha value is -2.26. The van der Waals surface area contributed by atoms with E-state index in [9.17, 15) is 13.2 Å². The van der Waals surface area contributed by atoms with Gasteiger partial charge < -0.3 is 9.32 Å². The minimum absolute atomic E-state index is 0.0658. The molecular formula is C16H20N4O4S. The molecule has 0 bridgehead atoms. The van der Waals surface area contributed by atoms with E-state index < -0.39 is 10.0 Å². The summed E-state index contributed by atoms with van der Waals surface area (Å²) in [7, 11) is -3.55. The molecule has 3 rings (SSSR count). The van der Waals surface area contributed by atoms with Crippen LogP contribution < -0.4 is 0 Å². The molecule has 0 radical (unpaired) electrons. The van der Waals surface area contributed by atoms with Crippen LogP contribution in [0.4, 0.5) is 0 Å². The zero-order valence-electron chi connectivity index (χ0n) is 14.2. The molecule has 1 fully saturated rings. The number of hydrogen-bond acceptors (Lipinski definition) is 6. The molecule has 0 saturated carbocycles. The van der Waals surface area contributed by atoms with Crippen LogP contribution in [0.1, 0.15) is 29.1 Å². The maximum atomic E-state index is 12.7. The van der Waals surface area contributed by atoms with Crippen LogP contribution in [0, 0.1) is 6.92 Å². The third-order valence-corrected chi connectivity index (χ3v) is 6.12. The molecule has 1 amide bonds. The largest absolute Gasteiger partial charge is 0.417 e. The normalized spacial score (nSPS) is 16.2. The van der Waals surface area contributed by atoms with Crippen LogP contribution in [-0.4, -0.2) is 59.9 Å². The van der Waals surface area contributed by atoms with Gasteiger partial charge in [0.05, 0.1) is 4.90 Å². The van der Waals surface area contributed by atoms with Crippen molar-refractivity contribution in [1.29, 1.82) is 0 Å². The Labute approximate surface area is 146 Å². The molecular weight excluding hydrogens is 344 g/mol. The van der Waals surface area contributed by atoms with E-state index in [2.05, 4.69) is 10.2 Å². The molecule has 0 spiro atoms. The lowest BCUT2D eigenvalue weighted by Crippen LogP contribution is -2.50. The van der Waals surface area contributed by atoms with Gasteiger partial charge >= 0.3 is 11.8 Å². The number of rotatable bonds is 4. The highest BCUT2D eigenvalue weighted by Gasteiger charge is 2.31. The lowest BCUT2D eigenvalue weighted by atomic mass is 10.2. The van der Waals surface area contributed by atoms with E-state index in [0.29, 0.717) is 5.89 Å². The van der Waals surface area contributed by atoms with Gasteiger partial charge in [-0.3, -0.25) is 4.79 Å². The fourth-order valence-corrected chi connectivity index (χ4v) is 4.12. The molecule has 1 aliphatic rings. The van der Waals surface area contributed by atoms with Gasteiger partial charge in [0.15, 0.2) is 0 Å². The standard InChI is InChI=1S/C16H20N4O4S/c1-3-13-4-6-14(7-5-13)25(22,23)20-10-8-19(9-11-20)16(21)15-18-17-12(2)24-15/h4-7H,3,8-11H2,1-2H3. The van der Waals surface area contributed by atoms with Crippen LogP contribution in [0.15, 0.2) is 33.6 Å². The van der Waals surface area contributed by atoms with Crippen molar-refractivity contribution in [3.63, 3.8) is 0 Å². The van der Waals surface area contributed by atoms with Crippen molar-refractivity contribution >= 4 is 15.9 Å². The zero-order valence-corrected chi connectivity index (χ0v) is 15.0. The SMILES string of the molecule is CCc1ccc(S(=O)(=O)N2CCN(C(=O)c3nnc(C)o3)CC2)cc1. The van der Waals surface area contributed by atoms with Gasteiger partial charge in [-0.1, -0.05) is 19.1 Å². The fourth-order valence-electron chi connectivity index (χ4n) is 2.70. The highest BCUT2D eigenvalue weighted by molar-refractivity contribution is 7.89. The number of piperazine rings is 1. The first-order valence-electron chi connectivity index (χ1n) is 8.10. The van der Waals surface area contributed by atoms with E-state index in [1.54, 1.807) is 19.1 Å². The molecule has 25 heavy (non-hydrogen) atoms. The van der Waals surface area contributed by atoms with Crippen molar-refractivity contribution in [3.05, 3.63) is 41.6 Å². The van der Waals surface area contributed by atoms with Crippen molar-refractivity contribution in [2.45, 2.75) is 25.2 Å². The molecule has 2 aromatic rings. The summed E-state index contributed by atoms with van der Waals surface area (Å²) in [6.07, 6.45) is 0.857. The molecule has 0 unspecified atom stereocenters. The van der Waals surface area contributed by atoms with Gasteiger partial charge in [0.2, 0.25) is 15.9 Å². The van der Waals surface area contributed by atoms with Crippen molar-refractivity contribution < 1.29 is 17.6 Å². The van der Waals surface area contributed by atoms with E-state index >= 15 is 0 Å². The number of carbonyl (C=O) groups is 1. The van der Waals surface area contributed by atoms with Crippen molar-refractivity contribution in [2.75, 3.05) is 26.2 Å². The molecule has 0 aliphatic carbocycles. The summed E-state index contributed by atoms with van der Waals surface area (Å²) in [5, 5.41) is 7.35. The number of carbonyl (C=O) groups excluding carboxylic acids is 1. The third kappa shape index (κ3) is 3.57. The second kappa shape index (κ2) is 6.93. The van der Waals surface area contributed by atoms with Crippen LogP contribution in [0.5, 0.6) is 0 Å². The van der Waals surface area contributed by atoms with Crippen LogP contribution in [-0.2, 0) is 16.4 Å². The van der Waals surface area contributed by atoms with Crippen molar-refractivity contribution in [1.82, 2.24) is 19.4 Å². The van der Waals surface area contributed by atoms with Gasteiger partial charge in [-0.25, -0.2) is 8.42 Å². The first-order chi connectivity index (χ1) is 11.9. The quantitative estimate of drug-likeness (QED) is 0.806. The minimum atomic E-state index is -3.55. The minimum Gasteiger partial charge on any atom is -0.417 e. The second-order valence-corrected chi connectivity index (χ2v) is 7.76. The van der Waals surface area contributed by atoms with Gasteiger partial charge in [0.25, 0.3) is 0 Å². The zero-order chi connectivity index (χ0) is 18.0. The Kier molecular flexibility index (Phi) is 4.87. The Morgan fingerprint density at radius 1 is 1.12 bits per heavy atom. The predicted molar refractivity (Wildman–Crippen MR) is 89.5 cm³/mol. The van der Waals surface area contributed by atoms with Crippen LogP contribution >= 0.6 is 0 Å². The number of benzene rings is 1. The summed E-state index contributed by atoms with van der Waals surface area (Å²) in [5.41, 5.74) is 1.09. The Bertz CT molecular complexity index is 853. The molecule has 0 atom stereocenters. The summed E-state index contributed by atoms with van der Waals surface area (Å²) >= 11 is 0. The predicted octanol–water partition coefficient (Wildman–Crippen LogP) is 1.09. The first-order valence-corrected chi connectivity index (χ1v) is 9.54. The first kappa shape index (κ1) is 17.6. The van der Waals surface area contributed by atoms with E-state index in [0.717, 1.165) is 12.0 Å². The molecule has 8 nitrogen and oxygen atoms in total. The average molecular weight is 364 g/mol. The molecule has 1 saturated heterocycles. The Balaban J connectivity index is 1.67. The smallest absolute Gasteiger partial charge is 0.311 e. The lowest BCUT2D eigenvalue weighted by Gasteiger charge is -2.33. The highest BCUT2D eigenvalue weighted by Crippen LogP contribution is 2.19. The van der Waals surface area contributed by atoms with Crippen molar-refractivity contribution in [2.24, 2.45) is 0 Å². The summed E-state index contributed by atoms with van der Waals surface area (Å²) < 4.78 is 32.0. The van der Waals surface area contributed by atoms with E-state index in [-0.39, 0.29) is 42.9 Å². The maximum absolute atomic E-state index is 12.7. The average Bonchev–Trinajstić information content (AvgIpc) is 3.07. The Morgan fingerprint density at radius 2 is 1.76 bits per heavy atom. The molecule has 2 heterocycles. The van der Waals surface area contributed by atoms with E-state index in [1.165, 1.54) is 9.21 Å².